The predicted octanol–water partition coefficient (Wildman–Crippen LogP) is 4.45. The molecule has 1 aromatic carbocycles. The molecule has 0 saturated carbocycles. The molecule has 114 valence electrons. The van der Waals surface area contributed by atoms with Gasteiger partial charge in [0.2, 0.25) is 0 Å². The molecule has 0 aromatic heterocycles. The highest BCUT2D eigenvalue weighted by Gasteiger charge is 2.35. The van der Waals surface area contributed by atoms with E-state index in [4.69, 9.17) is 16.7 Å². The van der Waals surface area contributed by atoms with Crippen LogP contribution in [-0.4, -0.2) is 24.2 Å². The summed E-state index contributed by atoms with van der Waals surface area (Å²) < 4.78 is 0. The van der Waals surface area contributed by atoms with E-state index in [1.807, 2.05) is 18.2 Å². The van der Waals surface area contributed by atoms with Gasteiger partial charge in [0, 0.05) is 19.2 Å². The third kappa shape index (κ3) is 3.59. The number of halogens is 1. The molecule has 1 aliphatic rings. The van der Waals surface area contributed by atoms with Crippen molar-refractivity contribution >= 4 is 29.3 Å². The Hall–Kier alpha value is -1.48. The first-order chi connectivity index (χ1) is 9.99. The van der Waals surface area contributed by atoms with Gasteiger partial charge in [0.25, 0.3) is 0 Å². The Bertz CT molecular complexity index is 550. The number of hydrogen-bond acceptors (Lipinski definition) is 2. The highest BCUT2D eigenvalue weighted by molar-refractivity contribution is 6.33. The van der Waals surface area contributed by atoms with Crippen molar-refractivity contribution in [2.24, 2.45) is 5.41 Å². The molecule has 1 saturated heterocycles. The number of rotatable bonds is 5. The third-order valence-corrected chi connectivity index (χ3v) is 4.97. The molecule has 0 atom stereocenters. The van der Waals surface area contributed by atoms with E-state index in [1.165, 1.54) is 19.3 Å². The van der Waals surface area contributed by atoms with Gasteiger partial charge in [-0.2, -0.15) is 0 Å². The first-order valence-electron chi connectivity index (χ1n) is 7.45. The molecule has 0 spiro atoms. The average molecular weight is 308 g/mol. The van der Waals surface area contributed by atoms with E-state index >= 15 is 0 Å². The normalized spacial score (nSPS) is 17.6. The van der Waals surface area contributed by atoms with Crippen molar-refractivity contribution < 1.29 is 9.90 Å². The maximum atomic E-state index is 10.5. The van der Waals surface area contributed by atoms with Crippen molar-refractivity contribution in [2.45, 2.75) is 33.1 Å². The number of anilines is 1. The fraction of sp³-hybridized carbons (Fsp3) is 0.471. The Kier molecular flexibility index (Phi) is 4.94. The van der Waals surface area contributed by atoms with Crippen LogP contribution in [0.4, 0.5) is 5.69 Å². The van der Waals surface area contributed by atoms with Crippen LogP contribution in [-0.2, 0) is 4.79 Å². The number of nitrogens with zero attached hydrogens (tertiary/aromatic N) is 1. The summed E-state index contributed by atoms with van der Waals surface area (Å²) in [7, 11) is 0. The van der Waals surface area contributed by atoms with Crippen LogP contribution in [0.15, 0.2) is 24.3 Å². The Morgan fingerprint density at radius 1 is 1.43 bits per heavy atom. The molecule has 0 unspecified atom stereocenters. The van der Waals surface area contributed by atoms with E-state index in [0.29, 0.717) is 10.4 Å². The van der Waals surface area contributed by atoms with Crippen LogP contribution in [0.1, 0.15) is 38.7 Å². The van der Waals surface area contributed by atoms with E-state index in [9.17, 15) is 4.79 Å². The van der Waals surface area contributed by atoms with Crippen LogP contribution >= 0.6 is 11.6 Å². The van der Waals surface area contributed by atoms with Crippen molar-refractivity contribution in [3.63, 3.8) is 0 Å². The fourth-order valence-corrected chi connectivity index (χ4v) is 3.33. The highest BCUT2D eigenvalue weighted by Crippen LogP contribution is 2.41. The summed E-state index contributed by atoms with van der Waals surface area (Å²) in [5, 5.41) is 9.34. The standard InChI is InChI=1S/C17H22ClNO2/c1-3-17(4-2)9-10-19(12-17)15-7-5-13(11-14(15)18)6-8-16(20)21/h5-8,11H,3-4,9-10,12H2,1-2H3,(H,20,21)/b8-6+. The largest absolute Gasteiger partial charge is 0.478 e. The molecule has 0 bridgehead atoms. The fourth-order valence-electron chi connectivity index (χ4n) is 3.02. The summed E-state index contributed by atoms with van der Waals surface area (Å²) in [5.41, 5.74) is 2.26. The zero-order valence-electron chi connectivity index (χ0n) is 12.6. The summed E-state index contributed by atoms with van der Waals surface area (Å²) in [4.78, 5) is 12.9. The van der Waals surface area contributed by atoms with Gasteiger partial charge in [-0.1, -0.05) is 31.5 Å². The van der Waals surface area contributed by atoms with Gasteiger partial charge in [-0.25, -0.2) is 4.79 Å². The lowest BCUT2D eigenvalue weighted by atomic mass is 9.82. The monoisotopic (exact) mass is 307 g/mol. The Labute approximate surface area is 131 Å². The first-order valence-corrected chi connectivity index (χ1v) is 7.83. The number of carboxylic acids is 1. The molecule has 0 amide bonds. The minimum atomic E-state index is -0.953. The molecule has 1 N–H and O–H groups in total. The zero-order chi connectivity index (χ0) is 15.5. The molecular weight excluding hydrogens is 286 g/mol. The average Bonchev–Trinajstić information content (AvgIpc) is 2.90. The van der Waals surface area contributed by atoms with Gasteiger partial charge in [-0.05, 0) is 48.4 Å². The van der Waals surface area contributed by atoms with E-state index in [2.05, 4.69) is 18.7 Å². The second kappa shape index (κ2) is 6.52. The topological polar surface area (TPSA) is 40.5 Å². The van der Waals surface area contributed by atoms with Crippen molar-refractivity contribution in [3.05, 3.63) is 34.9 Å². The van der Waals surface area contributed by atoms with Gasteiger partial charge >= 0.3 is 5.97 Å². The van der Waals surface area contributed by atoms with Gasteiger partial charge < -0.3 is 10.0 Å². The third-order valence-electron chi connectivity index (χ3n) is 4.67. The van der Waals surface area contributed by atoms with Gasteiger partial charge in [0.05, 0.1) is 10.7 Å². The Morgan fingerprint density at radius 3 is 2.67 bits per heavy atom. The molecule has 2 rings (SSSR count). The second-order valence-electron chi connectivity index (χ2n) is 5.76. The summed E-state index contributed by atoms with van der Waals surface area (Å²) >= 11 is 6.38. The molecule has 0 aliphatic carbocycles. The second-order valence-corrected chi connectivity index (χ2v) is 6.17. The zero-order valence-corrected chi connectivity index (χ0v) is 13.4. The smallest absolute Gasteiger partial charge is 0.328 e. The summed E-state index contributed by atoms with van der Waals surface area (Å²) in [5.74, 6) is -0.953. The van der Waals surface area contributed by atoms with Crippen molar-refractivity contribution in [1.29, 1.82) is 0 Å². The van der Waals surface area contributed by atoms with Gasteiger partial charge in [0.15, 0.2) is 0 Å². The lowest BCUT2D eigenvalue weighted by Gasteiger charge is -2.27. The first kappa shape index (κ1) is 15.9. The van der Waals surface area contributed by atoms with Crippen LogP contribution < -0.4 is 4.90 Å². The maximum Gasteiger partial charge on any atom is 0.328 e. The molecular formula is C17H22ClNO2. The molecule has 3 nitrogen and oxygen atoms in total. The van der Waals surface area contributed by atoms with Crippen LogP contribution in [0.3, 0.4) is 0 Å². The van der Waals surface area contributed by atoms with E-state index in [0.717, 1.165) is 30.4 Å². The van der Waals surface area contributed by atoms with Crippen LogP contribution in [0.5, 0.6) is 0 Å². The Balaban J connectivity index is 2.17. The molecule has 21 heavy (non-hydrogen) atoms. The molecule has 1 heterocycles. The SMILES string of the molecule is CCC1(CC)CCN(c2ccc(/C=C/C(=O)O)cc2Cl)C1. The lowest BCUT2D eigenvalue weighted by Crippen LogP contribution is -2.26. The molecule has 1 aromatic rings. The van der Waals surface area contributed by atoms with Crippen LogP contribution in [0, 0.1) is 5.41 Å². The Morgan fingerprint density at radius 2 is 2.14 bits per heavy atom. The summed E-state index contributed by atoms with van der Waals surface area (Å²) in [6, 6.07) is 5.73. The van der Waals surface area contributed by atoms with Gasteiger partial charge in [-0.3, -0.25) is 0 Å². The highest BCUT2D eigenvalue weighted by atomic mass is 35.5. The van der Waals surface area contributed by atoms with Gasteiger partial charge in [-0.15, -0.1) is 0 Å². The van der Waals surface area contributed by atoms with Gasteiger partial charge in [0.1, 0.15) is 0 Å². The molecule has 0 radical (unpaired) electrons. The summed E-state index contributed by atoms with van der Waals surface area (Å²) in [6.45, 7) is 6.60. The molecule has 1 fully saturated rings. The van der Waals surface area contributed by atoms with E-state index in [-0.39, 0.29) is 0 Å². The number of hydrogen-bond donors (Lipinski definition) is 1. The van der Waals surface area contributed by atoms with Crippen LogP contribution in [0.25, 0.3) is 6.08 Å². The quantitative estimate of drug-likeness (QED) is 0.817. The number of carboxylic acid groups (broad SMARTS) is 1. The van der Waals surface area contributed by atoms with Crippen molar-refractivity contribution in [2.75, 3.05) is 18.0 Å². The van der Waals surface area contributed by atoms with E-state index < -0.39 is 5.97 Å². The van der Waals surface area contributed by atoms with Crippen molar-refractivity contribution in [3.8, 4) is 0 Å². The minimum Gasteiger partial charge on any atom is -0.478 e. The van der Waals surface area contributed by atoms with Crippen molar-refractivity contribution in [1.82, 2.24) is 0 Å². The number of aliphatic carboxylic acids is 1. The van der Waals surface area contributed by atoms with E-state index in [1.54, 1.807) is 6.08 Å². The predicted molar refractivity (Wildman–Crippen MR) is 88.0 cm³/mol. The minimum absolute atomic E-state index is 0.408. The number of carbonyl (C=O) groups is 1. The maximum absolute atomic E-state index is 10.5. The summed E-state index contributed by atoms with van der Waals surface area (Å²) in [6.07, 6.45) is 6.27. The molecule has 4 heteroatoms. The number of benzene rings is 1. The molecule has 1 aliphatic heterocycles. The lowest BCUT2D eigenvalue weighted by molar-refractivity contribution is -0.131. The van der Waals surface area contributed by atoms with Crippen LogP contribution in [0.2, 0.25) is 5.02 Å².